The minimum atomic E-state index is -0.615. The van der Waals surface area contributed by atoms with Crippen molar-refractivity contribution in [1.29, 1.82) is 0 Å². The third-order valence-corrected chi connectivity index (χ3v) is 3.99. The van der Waals surface area contributed by atoms with E-state index >= 15 is 0 Å². The first kappa shape index (κ1) is 21.6. The Hall–Kier alpha value is -1.41. The number of rotatable bonds is 14. The van der Waals surface area contributed by atoms with Crippen molar-refractivity contribution in [2.24, 2.45) is 5.73 Å². The number of carbonyl (C=O) groups is 1. The van der Waals surface area contributed by atoms with Crippen molar-refractivity contribution in [2.45, 2.75) is 103 Å². The van der Waals surface area contributed by atoms with E-state index in [0.29, 0.717) is 0 Å². The van der Waals surface area contributed by atoms with E-state index in [1.807, 2.05) is 0 Å². The number of amides is 1. The van der Waals surface area contributed by atoms with Gasteiger partial charge in [-0.15, -0.1) is 0 Å². The number of primary amides is 1. The molecule has 0 saturated carbocycles. The van der Waals surface area contributed by atoms with Crippen LogP contribution in [0.5, 0.6) is 0 Å². The van der Waals surface area contributed by atoms with Gasteiger partial charge in [0, 0.05) is 12.3 Å². The Balaban J connectivity index is 3.14. The van der Waals surface area contributed by atoms with Crippen molar-refractivity contribution in [2.75, 3.05) is 0 Å². The summed E-state index contributed by atoms with van der Waals surface area (Å²) in [6.07, 6.45) is 20.0. The normalized spacial score (nSPS) is 9.61. The highest BCUT2D eigenvalue weighted by Gasteiger charge is 1.93. The van der Waals surface area contributed by atoms with Crippen molar-refractivity contribution in [3.05, 3.63) is 0 Å². The van der Waals surface area contributed by atoms with E-state index in [1.165, 1.54) is 83.5 Å². The molecule has 0 rings (SSSR count). The summed E-state index contributed by atoms with van der Waals surface area (Å²) in [6, 6.07) is 0. The van der Waals surface area contributed by atoms with Gasteiger partial charge in [-0.1, -0.05) is 96.3 Å². The Bertz CT molecular complexity index is 392. The van der Waals surface area contributed by atoms with E-state index in [1.54, 1.807) is 0 Å². The van der Waals surface area contributed by atoms with Gasteiger partial charge >= 0.3 is 0 Å². The van der Waals surface area contributed by atoms with Crippen LogP contribution in [0.2, 0.25) is 0 Å². The van der Waals surface area contributed by atoms with E-state index < -0.39 is 5.91 Å². The molecule has 0 aromatic rings. The molecule has 130 valence electrons. The molecule has 0 heterocycles. The molecule has 0 aromatic carbocycles. The molecule has 0 aliphatic rings. The molecule has 0 spiro atoms. The smallest absolute Gasteiger partial charge is 0.294 e. The zero-order chi connectivity index (χ0) is 17.0. The fraction of sp³-hybridized carbons (Fsp3) is 0.762. The summed E-state index contributed by atoms with van der Waals surface area (Å²) in [4.78, 5) is 10.4. The van der Waals surface area contributed by atoms with Crippen LogP contribution in [0, 0.1) is 23.7 Å². The first-order valence-corrected chi connectivity index (χ1v) is 9.55. The first-order chi connectivity index (χ1) is 11.3. The first-order valence-electron chi connectivity index (χ1n) is 9.55. The second-order valence-electron chi connectivity index (χ2n) is 6.26. The zero-order valence-corrected chi connectivity index (χ0v) is 15.1. The van der Waals surface area contributed by atoms with Crippen LogP contribution in [0.4, 0.5) is 0 Å². The van der Waals surface area contributed by atoms with Gasteiger partial charge in [-0.25, -0.2) is 0 Å². The predicted molar refractivity (Wildman–Crippen MR) is 99.7 cm³/mol. The standard InChI is InChI=1S/C21H35NO/c1-2-3-4-5-6-7-8-9-10-11-12-13-14-15-16-17-18-19-20-21(22)23/h2-16H2,1H3,(H2,22,23). The van der Waals surface area contributed by atoms with E-state index in [-0.39, 0.29) is 0 Å². The van der Waals surface area contributed by atoms with Crippen LogP contribution in [-0.2, 0) is 4.79 Å². The lowest BCUT2D eigenvalue weighted by Gasteiger charge is -2.02. The SMILES string of the molecule is CCCCCCCCCCCCCCCCC#CC#CC(N)=O. The lowest BCUT2D eigenvalue weighted by atomic mass is 10.0. The van der Waals surface area contributed by atoms with Gasteiger partial charge < -0.3 is 5.73 Å². The van der Waals surface area contributed by atoms with Crippen molar-refractivity contribution in [3.8, 4) is 23.7 Å². The molecule has 0 unspecified atom stereocenters. The predicted octanol–water partition coefficient (Wildman–Crippen LogP) is 5.35. The molecular weight excluding hydrogens is 282 g/mol. The second-order valence-corrected chi connectivity index (χ2v) is 6.26. The van der Waals surface area contributed by atoms with Crippen LogP contribution >= 0.6 is 0 Å². The van der Waals surface area contributed by atoms with Gasteiger partial charge in [0.05, 0.1) is 0 Å². The van der Waals surface area contributed by atoms with Crippen LogP contribution < -0.4 is 5.73 Å². The number of hydrogen-bond donors (Lipinski definition) is 1. The molecule has 0 bridgehead atoms. The number of carbonyl (C=O) groups excluding carboxylic acids is 1. The van der Waals surface area contributed by atoms with Crippen molar-refractivity contribution >= 4 is 5.91 Å². The van der Waals surface area contributed by atoms with E-state index in [4.69, 9.17) is 5.73 Å². The van der Waals surface area contributed by atoms with Gasteiger partial charge in [-0.3, -0.25) is 4.79 Å². The fourth-order valence-electron chi connectivity index (χ4n) is 2.61. The van der Waals surface area contributed by atoms with Crippen molar-refractivity contribution in [3.63, 3.8) is 0 Å². The van der Waals surface area contributed by atoms with Crippen LogP contribution in [0.15, 0.2) is 0 Å². The summed E-state index contributed by atoms with van der Waals surface area (Å²) < 4.78 is 0. The topological polar surface area (TPSA) is 43.1 Å². The van der Waals surface area contributed by atoms with Gasteiger partial charge in [0.15, 0.2) is 0 Å². The molecule has 2 nitrogen and oxygen atoms in total. The highest BCUT2D eigenvalue weighted by atomic mass is 16.1. The van der Waals surface area contributed by atoms with Crippen LogP contribution in [0.1, 0.15) is 103 Å². The average Bonchev–Trinajstić information content (AvgIpc) is 2.53. The minimum Gasteiger partial charge on any atom is -0.359 e. The number of unbranched alkanes of at least 4 members (excludes halogenated alkanes) is 14. The molecule has 23 heavy (non-hydrogen) atoms. The molecule has 0 aliphatic carbocycles. The van der Waals surface area contributed by atoms with Gasteiger partial charge in [0.25, 0.3) is 5.91 Å². The largest absolute Gasteiger partial charge is 0.359 e. The third kappa shape index (κ3) is 20.6. The maximum Gasteiger partial charge on any atom is 0.294 e. The number of nitrogens with two attached hydrogens (primary N) is 1. The maximum absolute atomic E-state index is 10.4. The average molecular weight is 318 g/mol. The summed E-state index contributed by atoms with van der Waals surface area (Å²) in [6.45, 7) is 2.27. The molecule has 0 atom stereocenters. The molecular formula is C21H35NO. The third-order valence-electron chi connectivity index (χ3n) is 3.99. The van der Waals surface area contributed by atoms with E-state index in [2.05, 4.69) is 30.6 Å². The summed E-state index contributed by atoms with van der Waals surface area (Å²) in [5.74, 6) is 9.65. The van der Waals surface area contributed by atoms with Crippen molar-refractivity contribution < 1.29 is 4.79 Å². The van der Waals surface area contributed by atoms with Crippen LogP contribution in [0.3, 0.4) is 0 Å². The molecule has 2 N–H and O–H groups in total. The summed E-state index contributed by atoms with van der Waals surface area (Å²) in [5, 5.41) is 0. The molecule has 2 heteroatoms. The van der Waals surface area contributed by atoms with Crippen molar-refractivity contribution in [1.82, 2.24) is 0 Å². The lowest BCUT2D eigenvalue weighted by molar-refractivity contribution is -0.112. The molecule has 0 fully saturated rings. The maximum atomic E-state index is 10.4. The second kappa shape index (κ2) is 18.6. The Morgan fingerprint density at radius 3 is 1.57 bits per heavy atom. The van der Waals surface area contributed by atoms with E-state index in [0.717, 1.165) is 12.8 Å². The van der Waals surface area contributed by atoms with Crippen LogP contribution in [-0.4, -0.2) is 5.91 Å². The number of hydrogen-bond acceptors (Lipinski definition) is 1. The monoisotopic (exact) mass is 317 g/mol. The Kier molecular flexibility index (Phi) is 17.5. The van der Waals surface area contributed by atoms with Gasteiger partial charge in [-0.05, 0) is 18.3 Å². The van der Waals surface area contributed by atoms with Gasteiger partial charge in [-0.2, -0.15) is 0 Å². The summed E-state index contributed by atoms with van der Waals surface area (Å²) in [7, 11) is 0. The lowest BCUT2D eigenvalue weighted by Crippen LogP contribution is -2.05. The van der Waals surface area contributed by atoms with Gasteiger partial charge in [0.2, 0.25) is 0 Å². The highest BCUT2D eigenvalue weighted by Crippen LogP contribution is 2.13. The molecule has 1 amide bonds. The summed E-state index contributed by atoms with van der Waals surface area (Å²) in [5.41, 5.74) is 4.88. The molecule has 0 aromatic heterocycles. The Morgan fingerprint density at radius 1 is 0.696 bits per heavy atom. The quantitative estimate of drug-likeness (QED) is 0.340. The van der Waals surface area contributed by atoms with Gasteiger partial charge in [0.1, 0.15) is 0 Å². The minimum absolute atomic E-state index is 0.615. The summed E-state index contributed by atoms with van der Waals surface area (Å²) >= 11 is 0. The van der Waals surface area contributed by atoms with Crippen LogP contribution in [0.25, 0.3) is 0 Å². The molecule has 0 radical (unpaired) electrons. The van der Waals surface area contributed by atoms with E-state index in [9.17, 15) is 4.79 Å². The highest BCUT2D eigenvalue weighted by molar-refractivity contribution is 5.92. The molecule has 0 saturated heterocycles. The molecule has 0 aliphatic heterocycles. The zero-order valence-electron chi connectivity index (χ0n) is 15.1. The fourth-order valence-corrected chi connectivity index (χ4v) is 2.61. The Labute approximate surface area is 144 Å². The Morgan fingerprint density at radius 2 is 1.13 bits per heavy atom.